The van der Waals surface area contributed by atoms with Crippen LogP contribution in [-0.4, -0.2) is 23.3 Å². The summed E-state index contributed by atoms with van der Waals surface area (Å²) in [5.74, 6) is 1.21. The molecule has 0 amide bonds. The van der Waals surface area contributed by atoms with Crippen molar-refractivity contribution in [2.24, 2.45) is 0 Å². The molecule has 0 bridgehead atoms. The van der Waals surface area contributed by atoms with Gasteiger partial charge in [-0.05, 0) is 36.6 Å². The Labute approximate surface area is 118 Å². The van der Waals surface area contributed by atoms with Crippen LogP contribution in [0.25, 0.3) is 11.5 Å². The SMILES string of the molecule is CCCOCc1noc(-c2cccc3c2CCNC3)n1. The van der Waals surface area contributed by atoms with Crippen LogP contribution in [0.15, 0.2) is 22.7 Å². The predicted octanol–water partition coefficient (Wildman–Crippen LogP) is 2.31. The monoisotopic (exact) mass is 273 g/mol. The Morgan fingerprint density at radius 1 is 1.40 bits per heavy atom. The zero-order chi connectivity index (χ0) is 13.8. The molecule has 1 aliphatic heterocycles. The maximum Gasteiger partial charge on any atom is 0.258 e. The summed E-state index contributed by atoms with van der Waals surface area (Å²) in [6, 6.07) is 6.24. The number of hydrogen-bond acceptors (Lipinski definition) is 5. The van der Waals surface area contributed by atoms with Crippen LogP contribution in [0.4, 0.5) is 0 Å². The normalized spacial score (nSPS) is 14.2. The smallest absolute Gasteiger partial charge is 0.258 e. The van der Waals surface area contributed by atoms with E-state index in [-0.39, 0.29) is 0 Å². The van der Waals surface area contributed by atoms with E-state index in [1.807, 2.05) is 12.1 Å². The van der Waals surface area contributed by atoms with Crippen molar-refractivity contribution in [3.05, 3.63) is 35.2 Å². The average Bonchev–Trinajstić information content (AvgIpc) is 2.96. The molecule has 2 aromatic rings. The van der Waals surface area contributed by atoms with Gasteiger partial charge in [0.15, 0.2) is 5.82 Å². The van der Waals surface area contributed by atoms with E-state index in [0.717, 1.165) is 38.1 Å². The van der Waals surface area contributed by atoms with Gasteiger partial charge in [0.05, 0.1) is 0 Å². The minimum atomic E-state index is 0.411. The molecule has 106 valence electrons. The molecule has 0 saturated heterocycles. The highest BCUT2D eigenvalue weighted by Crippen LogP contribution is 2.27. The summed E-state index contributed by atoms with van der Waals surface area (Å²) in [6.07, 6.45) is 1.99. The van der Waals surface area contributed by atoms with Crippen LogP contribution in [0.3, 0.4) is 0 Å². The van der Waals surface area contributed by atoms with Gasteiger partial charge in [0, 0.05) is 18.7 Å². The lowest BCUT2D eigenvalue weighted by atomic mass is 9.95. The fourth-order valence-electron chi connectivity index (χ4n) is 2.46. The van der Waals surface area contributed by atoms with Crippen molar-refractivity contribution in [1.82, 2.24) is 15.5 Å². The molecule has 5 nitrogen and oxygen atoms in total. The van der Waals surface area contributed by atoms with Crippen molar-refractivity contribution < 1.29 is 9.26 Å². The molecule has 0 atom stereocenters. The molecule has 1 aromatic heterocycles. The summed E-state index contributed by atoms with van der Waals surface area (Å²) in [7, 11) is 0. The Morgan fingerprint density at radius 3 is 3.25 bits per heavy atom. The molecule has 1 aliphatic rings. The molecule has 3 rings (SSSR count). The Hall–Kier alpha value is -1.72. The van der Waals surface area contributed by atoms with Crippen LogP contribution < -0.4 is 5.32 Å². The third kappa shape index (κ3) is 2.73. The van der Waals surface area contributed by atoms with E-state index in [1.165, 1.54) is 11.1 Å². The van der Waals surface area contributed by atoms with Gasteiger partial charge in [0.25, 0.3) is 5.89 Å². The third-order valence-corrected chi connectivity index (χ3v) is 3.42. The Balaban J connectivity index is 1.82. The second-order valence-corrected chi connectivity index (χ2v) is 4.94. The Kier molecular flexibility index (Phi) is 4.08. The van der Waals surface area contributed by atoms with Crippen LogP contribution in [0.1, 0.15) is 30.3 Å². The minimum Gasteiger partial charge on any atom is -0.373 e. The lowest BCUT2D eigenvalue weighted by Crippen LogP contribution is -2.24. The number of ether oxygens (including phenoxy) is 1. The average molecular weight is 273 g/mol. The van der Waals surface area contributed by atoms with Gasteiger partial charge in [0.2, 0.25) is 0 Å². The highest BCUT2D eigenvalue weighted by atomic mass is 16.5. The first-order valence-corrected chi connectivity index (χ1v) is 7.10. The molecule has 1 aromatic carbocycles. The fraction of sp³-hybridized carbons (Fsp3) is 0.467. The van der Waals surface area contributed by atoms with Crippen LogP contribution in [0.2, 0.25) is 0 Å². The molecular formula is C15H19N3O2. The predicted molar refractivity (Wildman–Crippen MR) is 75.1 cm³/mol. The standard InChI is InChI=1S/C15H19N3O2/c1-2-8-19-10-14-17-15(20-18-14)13-5-3-4-11-9-16-7-6-12(11)13/h3-5,16H,2,6-10H2,1H3. The first-order chi connectivity index (χ1) is 9.88. The number of fused-ring (bicyclic) bond motifs is 1. The van der Waals surface area contributed by atoms with Gasteiger partial charge in [-0.15, -0.1) is 0 Å². The van der Waals surface area contributed by atoms with Crippen LogP contribution in [0, 0.1) is 0 Å². The second kappa shape index (κ2) is 6.15. The Bertz CT molecular complexity index is 580. The summed E-state index contributed by atoms with van der Waals surface area (Å²) in [5, 5.41) is 7.36. The fourth-order valence-corrected chi connectivity index (χ4v) is 2.46. The molecule has 1 N–H and O–H groups in total. The van der Waals surface area contributed by atoms with Crippen molar-refractivity contribution in [3.8, 4) is 11.5 Å². The van der Waals surface area contributed by atoms with Crippen LogP contribution >= 0.6 is 0 Å². The van der Waals surface area contributed by atoms with E-state index >= 15 is 0 Å². The molecule has 5 heteroatoms. The summed E-state index contributed by atoms with van der Waals surface area (Å²) < 4.78 is 10.8. The highest BCUT2D eigenvalue weighted by Gasteiger charge is 2.17. The lowest BCUT2D eigenvalue weighted by molar-refractivity contribution is 0.114. The third-order valence-electron chi connectivity index (χ3n) is 3.42. The molecule has 0 radical (unpaired) electrons. The van der Waals surface area contributed by atoms with E-state index in [1.54, 1.807) is 0 Å². The van der Waals surface area contributed by atoms with Crippen LogP contribution in [-0.2, 0) is 24.3 Å². The van der Waals surface area contributed by atoms with E-state index in [4.69, 9.17) is 9.26 Å². The first kappa shape index (κ1) is 13.3. The van der Waals surface area contributed by atoms with Crippen LogP contribution in [0.5, 0.6) is 0 Å². The van der Waals surface area contributed by atoms with Gasteiger partial charge < -0.3 is 14.6 Å². The highest BCUT2D eigenvalue weighted by molar-refractivity contribution is 5.61. The van der Waals surface area contributed by atoms with Crippen molar-refractivity contribution in [2.75, 3.05) is 13.2 Å². The number of benzene rings is 1. The van der Waals surface area contributed by atoms with E-state index in [0.29, 0.717) is 18.3 Å². The summed E-state index contributed by atoms with van der Waals surface area (Å²) in [4.78, 5) is 4.44. The molecule has 0 fully saturated rings. The zero-order valence-corrected chi connectivity index (χ0v) is 11.7. The molecular weight excluding hydrogens is 254 g/mol. The summed E-state index contributed by atoms with van der Waals surface area (Å²) in [5.41, 5.74) is 3.69. The molecule has 0 aliphatic carbocycles. The van der Waals surface area contributed by atoms with Gasteiger partial charge in [-0.1, -0.05) is 24.2 Å². The number of hydrogen-bond donors (Lipinski definition) is 1. The molecule has 0 unspecified atom stereocenters. The molecule has 2 heterocycles. The van der Waals surface area contributed by atoms with E-state index in [2.05, 4.69) is 28.4 Å². The second-order valence-electron chi connectivity index (χ2n) is 4.94. The Morgan fingerprint density at radius 2 is 2.35 bits per heavy atom. The van der Waals surface area contributed by atoms with E-state index < -0.39 is 0 Å². The number of nitrogens with zero attached hydrogens (tertiary/aromatic N) is 2. The number of rotatable bonds is 5. The molecule has 0 spiro atoms. The van der Waals surface area contributed by atoms with Gasteiger partial charge in [-0.25, -0.2) is 0 Å². The van der Waals surface area contributed by atoms with Gasteiger partial charge in [-0.2, -0.15) is 4.98 Å². The quantitative estimate of drug-likeness (QED) is 0.847. The number of nitrogens with one attached hydrogen (secondary N) is 1. The zero-order valence-electron chi connectivity index (χ0n) is 11.7. The first-order valence-electron chi connectivity index (χ1n) is 7.10. The van der Waals surface area contributed by atoms with Gasteiger partial charge in [0.1, 0.15) is 6.61 Å². The lowest BCUT2D eigenvalue weighted by Gasteiger charge is -2.18. The number of aromatic nitrogens is 2. The topological polar surface area (TPSA) is 60.2 Å². The minimum absolute atomic E-state index is 0.411. The van der Waals surface area contributed by atoms with Gasteiger partial charge in [-0.3, -0.25) is 0 Å². The maximum atomic E-state index is 5.44. The maximum absolute atomic E-state index is 5.44. The summed E-state index contributed by atoms with van der Waals surface area (Å²) >= 11 is 0. The van der Waals surface area contributed by atoms with Crippen molar-refractivity contribution >= 4 is 0 Å². The van der Waals surface area contributed by atoms with Crippen molar-refractivity contribution in [3.63, 3.8) is 0 Å². The molecule has 0 saturated carbocycles. The van der Waals surface area contributed by atoms with Gasteiger partial charge >= 0.3 is 0 Å². The summed E-state index contributed by atoms with van der Waals surface area (Å²) in [6.45, 7) is 5.10. The largest absolute Gasteiger partial charge is 0.373 e. The van der Waals surface area contributed by atoms with E-state index in [9.17, 15) is 0 Å². The molecule has 20 heavy (non-hydrogen) atoms. The van der Waals surface area contributed by atoms with Crippen molar-refractivity contribution in [2.45, 2.75) is 32.9 Å². The van der Waals surface area contributed by atoms with Crippen molar-refractivity contribution in [1.29, 1.82) is 0 Å².